The number of hydrogen-bond acceptors (Lipinski definition) is 9. The molecule has 0 aliphatic heterocycles. The molecule has 0 fully saturated rings. The van der Waals surface area contributed by atoms with Crippen molar-refractivity contribution in [1.29, 1.82) is 0 Å². The number of aromatic nitrogens is 3. The summed E-state index contributed by atoms with van der Waals surface area (Å²) in [5.74, 6) is -1.22. The molecule has 0 bridgehead atoms. The van der Waals surface area contributed by atoms with Crippen LogP contribution in [-0.2, 0) is 13.1 Å². The second kappa shape index (κ2) is 8.16. The molecule has 0 spiro atoms. The van der Waals surface area contributed by atoms with Crippen LogP contribution in [0.1, 0.15) is 21.8 Å². The third-order valence-electron chi connectivity index (χ3n) is 3.80. The van der Waals surface area contributed by atoms with Gasteiger partial charge < -0.3 is 14.5 Å². The summed E-state index contributed by atoms with van der Waals surface area (Å²) in [6.45, 7) is 0.228. The highest BCUT2D eigenvalue weighted by atomic mass is 16.6. The van der Waals surface area contributed by atoms with E-state index in [2.05, 4.69) is 15.6 Å². The maximum Gasteiger partial charge on any atom is 0.433 e. The van der Waals surface area contributed by atoms with Gasteiger partial charge in [-0.25, -0.2) is 4.68 Å². The number of ether oxygens (including phenoxy) is 1. The minimum atomic E-state index is -0.744. The molecule has 13 nitrogen and oxygen atoms in total. The van der Waals surface area contributed by atoms with E-state index in [1.807, 2.05) is 0 Å². The number of benzene rings is 1. The normalized spacial score (nSPS) is 10.5. The Balaban J connectivity index is 1.62. The molecule has 1 aromatic carbocycles. The third kappa shape index (κ3) is 4.52. The van der Waals surface area contributed by atoms with Crippen molar-refractivity contribution in [3.05, 3.63) is 73.8 Å². The second-order valence-electron chi connectivity index (χ2n) is 5.75. The maximum absolute atomic E-state index is 12.0. The molecule has 2 heterocycles. The lowest BCUT2D eigenvalue weighted by Gasteiger charge is -2.05. The highest BCUT2D eigenvalue weighted by Crippen LogP contribution is 2.27. The van der Waals surface area contributed by atoms with Gasteiger partial charge in [-0.1, -0.05) is 11.3 Å². The van der Waals surface area contributed by atoms with Gasteiger partial charge in [-0.15, -0.1) is 5.10 Å². The first-order chi connectivity index (χ1) is 13.9. The predicted octanol–water partition coefficient (Wildman–Crippen LogP) is 1.67. The molecule has 13 heteroatoms. The molecule has 3 rings (SSSR count). The van der Waals surface area contributed by atoms with Crippen molar-refractivity contribution < 1.29 is 23.8 Å². The van der Waals surface area contributed by atoms with E-state index in [4.69, 9.17) is 9.15 Å². The van der Waals surface area contributed by atoms with Gasteiger partial charge in [0.2, 0.25) is 0 Å². The molecule has 3 aromatic rings. The van der Waals surface area contributed by atoms with Gasteiger partial charge in [-0.3, -0.25) is 25.0 Å². The summed E-state index contributed by atoms with van der Waals surface area (Å²) < 4.78 is 11.2. The summed E-state index contributed by atoms with van der Waals surface area (Å²) >= 11 is 0. The Bertz CT molecular complexity index is 1070. The van der Waals surface area contributed by atoms with Crippen LogP contribution in [-0.4, -0.2) is 37.9 Å². The van der Waals surface area contributed by atoms with Gasteiger partial charge in [0.05, 0.1) is 37.4 Å². The standard InChI is InChI=1S/C16H14N6O7/c1-28-13-3-2-10(6-12(13)21(24)25)8-20-9-11(18-19-20)7-17-16(23)14-4-5-15(29-14)22(26)27/h2-6,9H,7-8H2,1H3,(H,17,23). The first-order valence-electron chi connectivity index (χ1n) is 8.10. The van der Waals surface area contributed by atoms with Gasteiger partial charge >= 0.3 is 11.6 Å². The van der Waals surface area contributed by atoms with Crippen molar-refractivity contribution in [1.82, 2.24) is 20.3 Å². The average molecular weight is 402 g/mol. The fourth-order valence-corrected chi connectivity index (χ4v) is 2.47. The van der Waals surface area contributed by atoms with Crippen molar-refractivity contribution in [2.24, 2.45) is 0 Å². The minimum Gasteiger partial charge on any atom is -0.490 e. The van der Waals surface area contributed by atoms with Crippen LogP contribution in [0.25, 0.3) is 0 Å². The zero-order chi connectivity index (χ0) is 21.0. The molecule has 0 radical (unpaired) electrons. The number of amides is 1. The number of nitrogens with one attached hydrogen (secondary N) is 1. The molecular formula is C16H14N6O7. The molecule has 29 heavy (non-hydrogen) atoms. The summed E-state index contributed by atoms with van der Waals surface area (Å²) in [7, 11) is 1.35. The number of rotatable bonds is 8. The lowest BCUT2D eigenvalue weighted by molar-refractivity contribution is -0.402. The van der Waals surface area contributed by atoms with E-state index in [9.17, 15) is 25.0 Å². The van der Waals surface area contributed by atoms with Crippen molar-refractivity contribution in [2.45, 2.75) is 13.1 Å². The molecule has 1 amide bonds. The van der Waals surface area contributed by atoms with Crippen LogP contribution < -0.4 is 10.1 Å². The fraction of sp³-hybridized carbons (Fsp3) is 0.188. The Labute approximate surface area is 162 Å². The van der Waals surface area contributed by atoms with Gasteiger partial charge in [0.25, 0.3) is 5.91 Å². The maximum atomic E-state index is 12.0. The van der Waals surface area contributed by atoms with E-state index in [0.29, 0.717) is 11.3 Å². The highest BCUT2D eigenvalue weighted by molar-refractivity contribution is 5.91. The Morgan fingerprint density at radius 3 is 2.69 bits per heavy atom. The highest BCUT2D eigenvalue weighted by Gasteiger charge is 2.18. The van der Waals surface area contributed by atoms with Gasteiger partial charge in [-0.2, -0.15) is 0 Å². The quantitative estimate of drug-likeness (QED) is 0.435. The number of nitrogens with zero attached hydrogens (tertiary/aromatic N) is 5. The molecule has 0 aliphatic rings. The zero-order valence-electron chi connectivity index (χ0n) is 15.0. The molecule has 0 saturated heterocycles. The average Bonchev–Trinajstić information content (AvgIpc) is 3.36. The summed E-state index contributed by atoms with van der Waals surface area (Å²) in [6, 6.07) is 6.82. The number of nitro benzene ring substituents is 1. The summed E-state index contributed by atoms with van der Waals surface area (Å²) in [5, 5.41) is 32.0. The fourth-order valence-electron chi connectivity index (χ4n) is 2.47. The van der Waals surface area contributed by atoms with Crippen LogP contribution in [0.4, 0.5) is 11.6 Å². The van der Waals surface area contributed by atoms with E-state index in [1.165, 1.54) is 30.0 Å². The van der Waals surface area contributed by atoms with Crippen LogP contribution in [0.15, 0.2) is 40.9 Å². The Hall–Kier alpha value is -4.29. The number of carbonyl (C=O) groups is 1. The van der Waals surface area contributed by atoms with Crippen molar-refractivity contribution in [3.63, 3.8) is 0 Å². The van der Waals surface area contributed by atoms with Gasteiger partial charge in [0.1, 0.15) is 10.6 Å². The first-order valence-corrected chi connectivity index (χ1v) is 8.10. The number of carbonyl (C=O) groups excluding carboxylic acids is 1. The molecule has 0 aliphatic carbocycles. The third-order valence-corrected chi connectivity index (χ3v) is 3.80. The summed E-state index contributed by atoms with van der Waals surface area (Å²) in [6.07, 6.45) is 1.56. The van der Waals surface area contributed by atoms with E-state index in [1.54, 1.807) is 12.3 Å². The summed E-state index contributed by atoms with van der Waals surface area (Å²) in [5.41, 5.74) is 0.869. The smallest absolute Gasteiger partial charge is 0.433 e. The summed E-state index contributed by atoms with van der Waals surface area (Å²) in [4.78, 5) is 32.4. The second-order valence-corrected chi connectivity index (χ2v) is 5.75. The van der Waals surface area contributed by atoms with Crippen molar-refractivity contribution >= 4 is 17.5 Å². The molecule has 0 saturated carbocycles. The minimum absolute atomic E-state index is 0.0100. The van der Waals surface area contributed by atoms with Crippen LogP contribution in [0, 0.1) is 20.2 Å². The largest absolute Gasteiger partial charge is 0.490 e. The van der Waals surface area contributed by atoms with Crippen LogP contribution in [0.2, 0.25) is 0 Å². The molecule has 150 valence electrons. The Morgan fingerprint density at radius 1 is 1.24 bits per heavy atom. The van der Waals surface area contributed by atoms with Crippen LogP contribution >= 0.6 is 0 Å². The first kappa shape index (κ1) is 19.5. The van der Waals surface area contributed by atoms with E-state index < -0.39 is 21.6 Å². The predicted molar refractivity (Wildman–Crippen MR) is 95.3 cm³/mol. The van der Waals surface area contributed by atoms with E-state index >= 15 is 0 Å². The lowest BCUT2D eigenvalue weighted by atomic mass is 10.2. The topological polar surface area (TPSA) is 168 Å². The van der Waals surface area contributed by atoms with Gasteiger partial charge in [-0.05, 0) is 17.7 Å². The Morgan fingerprint density at radius 2 is 2.03 bits per heavy atom. The molecular weight excluding hydrogens is 388 g/mol. The zero-order valence-corrected chi connectivity index (χ0v) is 15.0. The van der Waals surface area contributed by atoms with E-state index in [0.717, 1.165) is 6.07 Å². The Kier molecular flexibility index (Phi) is 5.48. The van der Waals surface area contributed by atoms with Crippen LogP contribution in [0.3, 0.4) is 0 Å². The monoisotopic (exact) mass is 402 g/mol. The SMILES string of the molecule is COc1ccc(Cn2cc(CNC(=O)c3ccc([N+](=O)[O-])o3)nn2)cc1[N+](=O)[O-]. The van der Waals surface area contributed by atoms with Gasteiger partial charge in [0, 0.05) is 6.07 Å². The number of methoxy groups -OCH3 is 1. The molecule has 0 unspecified atom stereocenters. The number of furan rings is 1. The van der Waals surface area contributed by atoms with E-state index in [-0.39, 0.29) is 30.3 Å². The molecule has 0 atom stereocenters. The molecule has 2 aromatic heterocycles. The number of nitro groups is 2. The van der Waals surface area contributed by atoms with Gasteiger partial charge in [0.15, 0.2) is 11.5 Å². The number of hydrogen-bond donors (Lipinski definition) is 1. The molecule has 1 N–H and O–H groups in total. The van der Waals surface area contributed by atoms with Crippen molar-refractivity contribution in [3.8, 4) is 5.75 Å². The van der Waals surface area contributed by atoms with Crippen molar-refractivity contribution in [2.75, 3.05) is 7.11 Å². The van der Waals surface area contributed by atoms with Crippen LogP contribution in [0.5, 0.6) is 5.75 Å². The lowest BCUT2D eigenvalue weighted by Crippen LogP contribution is -2.22.